The van der Waals surface area contributed by atoms with Gasteiger partial charge in [-0.25, -0.2) is 0 Å². The van der Waals surface area contributed by atoms with Gasteiger partial charge in [0.15, 0.2) is 0 Å². The first-order valence-corrected chi connectivity index (χ1v) is 15.0. The van der Waals surface area contributed by atoms with Gasteiger partial charge >= 0.3 is 0 Å². The minimum Gasteiger partial charge on any atom is -0.490 e. The highest BCUT2D eigenvalue weighted by atomic mass is 31.1. The molecular formula is C33H30OP2. The van der Waals surface area contributed by atoms with Gasteiger partial charge in [0.1, 0.15) is 5.75 Å². The summed E-state index contributed by atoms with van der Waals surface area (Å²) in [4.78, 5) is 0. The van der Waals surface area contributed by atoms with Crippen molar-refractivity contribution in [3.63, 3.8) is 0 Å². The first-order valence-electron chi connectivity index (χ1n) is 12.3. The fourth-order valence-corrected chi connectivity index (χ4v) is 9.75. The van der Waals surface area contributed by atoms with Crippen LogP contribution in [-0.4, -0.2) is 6.10 Å². The number of rotatable bonds is 8. The van der Waals surface area contributed by atoms with Gasteiger partial charge in [0.25, 0.3) is 0 Å². The van der Waals surface area contributed by atoms with Gasteiger partial charge in [-0.2, -0.15) is 0 Å². The van der Waals surface area contributed by atoms with Crippen LogP contribution in [0, 0.1) is 0 Å². The summed E-state index contributed by atoms with van der Waals surface area (Å²) < 4.78 is 6.36. The number of para-hydroxylation sites is 1. The maximum absolute atomic E-state index is 6.36. The van der Waals surface area contributed by atoms with Crippen molar-refractivity contribution in [3.05, 3.63) is 140 Å². The van der Waals surface area contributed by atoms with E-state index in [0.29, 0.717) is 0 Å². The van der Waals surface area contributed by atoms with E-state index in [1.165, 1.54) is 31.8 Å². The third kappa shape index (κ3) is 5.44. The van der Waals surface area contributed by atoms with Gasteiger partial charge < -0.3 is 4.74 Å². The molecule has 0 saturated carbocycles. The van der Waals surface area contributed by atoms with Gasteiger partial charge in [-0.15, -0.1) is 0 Å². The smallest absolute Gasteiger partial charge is 0.128 e. The highest BCUT2D eigenvalue weighted by Crippen LogP contribution is 2.40. The zero-order chi connectivity index (χ0) is 24.7. The minimum atomic E-state index is -0.840. The monoisotopic (exact) mass is 504 g/mol. The summed E-state index contributed by atoms with van der Waals surface area (Å²) in [5, 5.41) is 8.10. The van der Waals surface area contributed by atoms with Crippen LogP contribution < -0.4 is 36.6 Å². The van der Waals surface area contributed by atoms with Crippen molar-refractivity contribution in [2.45, 2.75) is 20.0 Å². The lowest BCUT2D eigenvalue weighted by atomic mass is 10.3. The summed E-state index contributed by atoms with van der Waals surface area (Å²) in [7, 11) is -1.57. The van der Waals surface area contributed by atoms with Crippen molar-refractivity contribution in [2.75, 3.05) is 0 Å². The van der Waals surface area contributed by atoms with E-state index in [0.717, 1.165) is 5.75 Å². The quantitative estimate of drug-likeness (QED) is 0.236. The number of hydrogen-bond acceptors (Lipinski definition) is 1. The standard InChI is InChI=1S/C33H30OP2/c1-26(2)34-30-22-12-13-23-31(30)36(29-20-10-5-11-21-29)33-25-15-14-24-32(33)35(27-16-6-3-7-17-27)28-18-8-4-9-19-28/h3-26H,1-2H3. The molecule has 36 heavy (non-hydrogen) atoms. The van der Waals surface area contributed by atoms with E-state index >= 15 is 0 Å². The van der Waals surface area contributed by atoms with Gasteiger partial charge in [0.2, 0.25) is 0 Å². The lowest BCUT2D eigenvalue weighted by Gasteiger charge is -2.28. The van der Waals surface area contributed by atoms with Crippen LogP contribution in [-0.2, 0) is 0 Å². The first kappa shape index (κ1) is 24.5. The van der Waals surface area contributed by atoms with Crippen molar-refractivity contribution in [1.82, 2.24) is 0 Å². The number of ether oxygens (including phenoxy) is 1. The van der Waals surface area contributed by atoms with Crippen molar-refractivity contribution in [1.29, 1.82) is 0 Å². The molecule has 1 atom stereocenters. The van der Waals surface area contributed by atoms with E-state index in [-0.39, 0.29) is 6.10 Å². The van der Waals surface area contributed by atoms with E-state index in [9.17, 15) is 0 Å². The van der Waals surface area contributed by atoms with Gasteiger partial charge in [-0.3, -0.25) is 0 Å². The molecule has 0 radical (unpaired) electrons. The molecule has 0 aromatic heterocycles. The van der Waals surface area contributed by atoms with E-state index in [1.54, 1.807) is 0 Å². The molecule has 0 fully saturated rings. The molecule has 0 N–H and O–H groups in total. The Labute approximate surface area is 217 Å². The van der Waals surface area contributed by atoms with Gasteiger partial charge in [-0.1, -0.05) is 133 Å². The van der Waals surface area contributed by atoms with Crippen LogP contribution in [0.4, 0.5) is 0 Å². The topological polar surface area (TPSA) is 9.23 Å². The second-order valence-electron chi connectivity index (χ2n) is 8.80. The molecule has 0 amide bonds. The maximum atomic E-state index is 6.36. The molecule has 1 nitrogen and oxygen atoms in total. The van der Waals surface area contributed by atoms with E-state index in [1.807, 2.05) is 0 Å². The van der Waals surface area contributed by atoms with E-state index < -0.39 is 15.8 Å². The number of benzene rings is 5. The Balaban J connectivity index is 1.76. The molecule has 0 saturated heterocycles. The van der Waals surface area contributed by atoms with Crippen LogP contribution >= 0.6 is 15.8 Å². The molecular weight excluding hydrogens is 474 g/mol. The summed E-state index contributed by atoms with van der Waals surface area (Å²) >= 11 is 0. The third-order valence-electron chi connectivity index (χ3n) is 5.88. The van der Waals surface area contributed by atoms with Crippen molar-refractivity contribution >= 4 is 47.7 Å². The predicted molar refractivity (Wildman–Crippen MR) is 160 cm³/mol. The Kier molecular flexibility index (Phi) is 7.92. The van der Waals surface area contributed by atoms with Crippen LogP contribution in [0.1, 0.15) is 13.8 Å². The largest absolute Gasteiger partial charge is 0.490 e. The van der Waals surface area contributed by atoms with Crippen molar-refractivity contribution < 1.29 is 4.74 Å². The average molecular weight is 505 g/mol. The summed E-state index contributed by atoms with van der Waals surface area (Å²) in [6, 6.07) is 50.5. The molecule has 3 heteroatoms. The summed E-state index contributed by atoms with van der Waals surface area (Å²) in [6.07, 6.45) is 0.111. The molecule has 178 valence electrons. The van der Waals surface area contributed by atoms with Crippen LogP contribution in [0.15, 0.2) is 140 Å². The van der Waals surface area contributed by atoms with Crippen LogP contribution in [0.3, 0.4) is 0 Å². The predicted octanol–water partition coefficient (Wildman–Crippen LogP) is 5.99. The summed E-state index contributed by atoms with van der Waals surface area (Å²) in [6.45, 7) is 4.19. The molecule has 5 rings (SSSR count). The molecule has 0 aliphatic carbocycles. The average Bonchev–Trinajstić information content (AvgIpc) is 2.92. The number of hydrogen-bond donors (Lipinski definition) is 0. The Morgan fingerprint density at radius 2 is 0.778 bits per heavy atom. The maximum Gasteiger partial charge on any atom is 0.128 e. The molecule has 5 aromatic rings. The third-order valence-corrected chi connectivity index (χ3v) is 11.1. The second-order valence-corrected chi connectivity index (χ2v) is 13.1. The zero-order valence-corrected chi connectivity index (χ0v) is 22.4. The molecule has 5 aromatic carbocycles. The Morgan fingerprint density at radius 1 is 0.417 bits per heavy atom. The SMILES string of the molecule is CC(C)Oc1ccccc1P(c1ccccc1)c1ccccc1P(c1ccccc1)c1ccccc1. The summed E-state index contributed by atoms with van der Waals surface area (Å²) in [5.41, 5.74) is 0. The molecule has 0 heterocycles. The lowest BCUT2D eigenvalue weighted by molar-refractivity contribution is 0.244. The fraction of sp³-hybridized carbons (Fsp3) is 0.0909. The molecule has 0 spiro atoms. The molecule has 0 bridgehead atoms. The lowest BCUT2D eigenvalue weighted by Crippen LogP contribution is -2.35. The molecule has 0 aliphatic heterocycles. The van der Waals surface area contributed by atoms with Gasteiger partial charge in [0, 0.05) is 5.30 Å². The highest BCUT2D eigenvalue weighted by Gasteiger charge is 2.27. The first-order chi connectivity index (χ1) is 17.7. The van der Waals surface area contributed by atoms with E-state index in [2.05, 4.69) is 153 Å². The highest BCUT2D eigenvalue weighted by molar-refractivity contribution is 7.85. The Morgan fingerprint density at radius 3 is 1.25 bits per heavy atom. The Bertz CT molecular complexity index is 1350. The van der Waals surface area contributed by atoms with Gasteiger partial charge in [-0.05, 0) is 62.3 Å². The van der Waals surface area contributed by atoms with Crippen molar-refractivity contribution in [2.24, 2.45) is 0 Å². The Hall–Kier alpha value is -3.24. The van der Waals surface area contributed by atoms with Crippen molar-refractivity contribution in [3.8, 4) is 5.75 Å². The normalized spacial score (nSPS) is 12.0. The minimum absolute atomic E-state index is 0.111. The molecule has 0 aliphatic rings. The zero-order valence-electron chi connectivity index (χ0n) is 20.7. The molecule has 1 unspecified atom stereocenters. The summed E-state index contributed by atoms with van der Waals surface area (Å²) in [5.74, 6) is 0.973. The van der Waals surface area contributed by atoms with E-state index in [4.69, 9.17) is 4.74 Å². The van der Waals surface area contributed by atoms with Crippen LogP contribution in [0.25, 0.3) is 0 Å². The van der Waals surface area contributed by atoms with Crippen LogP contribution in [0.5, 0.6) is 5.75 Å². The van der Waals surface area contributed by atoms with Crippen LogP contribution in [0.2, 0.25) is 0 Å². The second kappa shape index (κ2) is 11.7. The van der Waals surface area contributed by atoms with Gasteiger partial charge in [0.05, 0.1) is 6.10 Å². The fourth-order valence-electron chi connectivity index (χ4n) is 4.40.